The molecular weight excluding hydrogens is 1430 g/mol. The van der Waals surface area contributed by atoms with Crippen molar-refractivity contribution in [1.82, 2.24) is 56.4 Å². The Hall–Kier alpha value is -6.76. The van der Waals surface area contributed by atoms with Crippen molar-refractivity contribution in [3.8, 4) is 32.0 Å². The zero-order chi connectivity index (χ0) is 70.2. The van der Waals surface area contributed by atoms with Crippen LogP contribution in [0, 0.1) is 31.3 Å². The standard InChI is InChI=1S/C21H23ClFN5O3S2.2C21H23ClFN5O2S2/c1-27-19(21(30)25-15-3-4-17(23)16(22)8-15)9-18(26-33(27,2)31)20-7-13(12-32-20)14-10-24-28(11-14)5-6-29;1-12-14(11-27(2)25-12)19-7-8-20(31-19)17-10-18(28(3)32(4,30)26-17)21(29)24-13-5-6-16(23)15(22)9-13;1-12-14(11-24-27(12)2)19-7-8-20(31-19)17-10-18(28(3)32(4,30)26-17)21(29)25-13-5-6-16(23)15(22)9-13/h3-4,7-8,10-12,18-19,29H,2,5-6,9H2,1H3,(H,25,30)(H,26,31);5-9,11,17-18H,4,10H2,1-3H3,(H,24,29)(H,26,30);5-9,11,17-18H,4,10H2,1-3H3,(H,25,29)(H,26,30). The van der Waals surface area contributed by atoms with Gasteiger partial charge in [0.15, 0.2) is 0 Å². The smallest absolute Gasteiger partial charge is 0.242 e. The number of anilines is 3. The molecule has 516 valence electrons. The fraction of sp³-hybridized carbons (Fsp3) is 0.286. The fourth-order valence-electron chi connectivity index (χ4n) is 10.9. The number of aliphatic hydroxyl groups excluding tert-OH is 1. The number of aliphatic hydroxyl groups is 1. The lowest BCUT2D eigenvalue weighted by Crippen LogP contribution is -2.55. The third-order valence-corrected chi connectivity index (χ3v) is 26.4. The summed E-state index contributed by atoms with van der Waals surface area (Å²) in [5.41, 5.74) is 6.97. The molecule has 0 bridgehead atoms. The number of aryl methyl sites for hydroxylation is 3. The van der Waals surface area contributed by atoms with Gasteiger partial charge in [-0.1, -0.05) is 34.8 Å². The quantitative estimate of drug-likeness (QED) is 0.0507. The molecule has 6 aromatic heterocycles. The lowest BCUT2D eigenvalue weighted by molar-refractivity contribution is -0.120. The van der Waals surface area contributed by atoms with Crippen LogP contribution in [0.5, 0.6) is 0 Å². The van der Waals surface area contributed by atoms with Gasteiger partial charge < -0.3 is 21.1 Å². The van der Waals surface area contributed by atoms with Crippen molar-refractivity contribution < 1.29 is 45.3 Å². The number of hydrogen-bond donors (Lipinski definition) is 7. The normalized spacial score (nSPS) is 23.8. The maximum absolute atomic E-state index is 13.4. The molecule has 3 aliphatic heterocycles. The van der Waals surface area contributed by atoms with Crippen LogP contribution in [0.4, 0.5) is 30.2 Å². The molecule has 22 nitrogen and oxygen atoms in total. The number of likely N-dealkylation sites (N-methyl/N-ethyl adjacent to an activating group) is 3. The van der Waals surface area contributed by atoms with Crippen LogP contribution >= 0.6 is 68.8 Å². The minimum atomic E-state index is -2.92. The number of aromatic nitrogens is 6. The third-order valence-electron chi connectivity index (χ3n) is 16.5. The third kappa shape index (κ3) is 16.8. The maximum Gasteiger partial charge on any atom is 0.242 e. The molecule has 3 fully saturated rings. The summed E-state index contributed by atoms with van der Waals surface area (Å²) >= 11 is 22.1. The van der Waals surface area contributed by atoms with E-state index in [2.05, 4.69) is 63.0 Å². The zero-order valence-electron chi connectivity index (χ0n) is 53.2. The maximum atomic E-state index is 13.4. The average Bonchev–Trinajstić information content (AvgIpc) is 1.75. The monoisotopic (exact) mass is 1500 g/mol. The molecular formula is C63H69Cl3F3N15O7S6. The van der Waals surface area contributed by atoms with Gasteiger partial charge in [0.2, 0.25) is 17.7 Å². The molecule has 9 heterocycles. The molecule has 3 amide bonds. The van der Waals surface area contributed by atoms with Crippen molar-refractivity contribution in [2.75, 3.05) is 43.7 Å². The number of carbonyl (C=O) groups excluding carboxylic acids is 3. The highest BCUT2D eigenvalue weighted by atomic mass is 35.5. The molecule has 12 rings (SSSR count). The summed E-state index contributed by atoms with van der Waals surface area (Å²) in [5.74, 6) is 8.61. The highest BCUT2D eigenvalue weighted by Gasteiger charge is 2.41. The minimum Gasteiger partial charge on any atom is -0.394 e. The van der Waals surface area contributed by atoms with E-state index in [9.17, 15) is 40.2 Å². The molecule has 9 unspecified atom stereocenters. The predicted molar refractivity (Wildman–Crippen MR) is 387 cm³/mol. The lowest BCUT2D eigenvalue weighted by Gasteiger charge is -2.39. The fourth-order valence-corrected chi connectivity index (χ4v) is 19.2. The summed E-state index contributed by atoms with van der Waals surface area (Å²) in [5, 5.41) is 31.9. The predicted octanol–water partition coefficient (Wildman–Crippen LogP) is 10.5. The van der Waals surface area contributed by atoms with Gasteiger partial charge in [-0.15, -0.1) is 34.0 Å². The van der Waals surface area contributed by atoms with E-state index in [1.54, 1.807) is 59.4 Å². The van der Waals surface area contributed by atoms with Gasteiger partial charge in [0.25, 0.3) is 0 Å². The molecule has 0 radical (unpaired) electrons. The summed E-state index contributed by atoms with van der Waals surface area (Å²) in [7, 11) is -0.169. The second-order valence-electron chi connectivity index (χ2n) is 23.1. The minimum absolute atomic E-state index is 0.000950. The molecule has 3 saturated heterocycles. The number of nitrogens with one attached hydrogen (secondary N) is 6. The number of amides is 3. The number of benzene rings is 3. The molecule has 9 atom stereocenters. The Morgan fingerprint density at radius 1 is 0.588 bits per heavy atom. The van der Waals surface area contributed by atoms with Crippen molar-refractivity contribution in [3.05, 3.63) is 174 Å². The van der Waals surface area contributed by atoms with Crippen LogP contribution in [-0.2, 0) is 64.7 Å². The van der Waals surface area contributed by atoms with E-state index in [1.807, 2.05) is 86.9 Å². The highest BCUT2D eigenvalue weighted by Crippen LogP contribution is 2.41. The Balaban J connectivity index is 0.000000158. The number of hydrogen-bond acceptors (Lipinski definition) is 13. The molecule has 0 aliphatic carbocycles. The van der Waals surface area contributed by atoms with E-state index in [1.165, 1.54) is 78.8 Å². The van der Waals surface area contributed by atoms with Crippen LogP contribution in [0.1, 0.15) is 63.4 Å². The number of halogens is 6. The largest absolute Gasteiger partial charge is 0.394 e. The van der Waals surface area contributed by atoms with Gasteiger partial charge in [-0.25, -0.2) is 52.9 Å². The molecule has 7 N–H and O–H groups in total. The van der Waals surface area contributed by atoms with E-state index in [0.717, 1.165) is 58.0 Å². The first-order chi connectivity index (χ1) is 45.8. The topological polar surface area (TPSA) is 258 Å². The van der Waals surface area contributed by atoms with Crippen LogP contribution in [0.2, 0.25) is 15.1 Å². The first-order valence-electron chi connectivity index (χ1n) is 29.6. The Bertz CT molecular complexity index is 4640. The van der Waals surface area contributed by atoms with Gasteiger partial charge in [0.05, 0.1) is 94.1 Å². The first kappa shape index (κ1) is 73.0. The van der Waals surface area contributed by atoms with Gasteiger partial charge in [0.1, 0.15) is 35.6 Å². The SMILES string of the molecule is C=S1(=O)NC(c2cc(-c3cnn(CCO)c3)cs2)CC(C(=O)Nc2ccc(F)c(Cl)c2)N1C.C=S1(=O)NC(c2ccc(-c3cn(C)nc3C)s2)CC(C(=O)Nc2ccc(F)c(Cl)c2)N1C.C=S1(=O)NC(c2ccc(-c3cnn(C)c3C)s2)CC(C(=O)Nc2ccc(F)c(Cl)c2)N1C. The molecule has 0 saturated carbocycles. The Morgan fingerprint density at radius 3 is 1.39 bits per heavy atom. The lowest BCUT2D eigenvalue weighted by atomic mass is 10.0. The first-order valence-corrected chi connectivity index (χ1v) is 38.3. The van der Waals surface area contributed by atoms with Crippen molar-refractivity contribution in [2.45, 2.75) is 75.9 Å². The Morgan fingerprint density at radius 2 is 1.01 bits per heavy atom. The van der Waals surface area contributed by atoms with Gasteiger partial charge in [0, 0.05) is 111 Å². The van der Waals surface area contributed by atoms with Crippen molar-refractivity contribution >= 4 is 151 Å². The highest BCUT2D eigenvalue weighted by molar-refractivity contribution is 7.97. The van der Waals surface area contributed by atoms with Crippen molar-refractivity contribution in [3.63, 3.8) is 0 Å². The number of rotatable bonds is 14. The van der Waals surface area contributed by atoms with E-state index in [0.29, 0.717) is 42.9 Å². The second kappa shape index (κ2) is 30.0. The molecule has 3 aliphatic rings. The number of carbonyl (C=O) groups is 3. The van der Waals surface area contributed by atoms with Crippen LogP contribution in [0.15, 0.2) is 115 Å². The summed E-state index contributed by atoms with van der Waals surface area (Å²) in [6, 6.07) is 18.6. The van der Waals surface area contributed by atoms with E-state index in [4.69, 9.17) is 39.9 Å². The van der Waals surface area contributed by atoms with Gasteiger partial charge >= 0.3 is 0 Å². The van der Waals surface area contributed by atoms with E-state index >= 15 is 0 Å². The molecule has 34 heteroatoms. The summed E-state index contributed by atoms with van der Waals surface area (Å²) in [6.07, 6.45) is 8.47. The molecule has 3 aromatic carbocycles. The molecule has 0 spiro atoms. The number of thiophene rings is 3. The van der Waals surface area contributed by atoms with E-state index < -0.39 is 65.3 Å². The van der Waals surface area contributed by atoms with Crippen LogP contribution in [-0.4, -0.2) is 141 Å². The summed E-state index contributed by atoms with van der Waals surface area (Å²) in [6.45, 7) is 4.36. The Kier molecular flexibility index (Phi) is 22.6. The van der Waals surface area contributed by atoms with Crippen molar-refractivity contribution in [2.24, 2.45) is 14.1 Å². The summed E-state index contributed by atoms with van der Waals surface area (Å²) < 4.78 is 98.6. The number of nitrogens with zero attached hydrogens (tertiary/aromatic N) is 9. The van der Waals surface area contributed by atoms with Gasteiger partial charge in [-0.3, -0.25) is 28.4 Å². The van der Waals surface area contributed by atoms with Crippen LogP contribution in [0.25, 0.3) is 32.0 Å². The van der Waals surface area contributed by atoms with Crippen LogP contribution in [0.3, 0.4) is 0 Å². The van der Waals surface area contributed by atoms with Gasteiger partial charge in [-0.05, 0) is 147 Å². The van der Waals surface area contributed by atoms with Crippen molar-refractivity contribution in [1.29, 1.82) is 0 Å². The summed E-state index contributed by atoms with van der Waals surface area (Å²) in [4.78, 5) is 44.0. The Labute approximate surface area is 587 Å². The van der Waals surface area contributed by atoms with Gasteiger partial charge in [-0.2, -0.15) is 15.3 Å². The average molecular weight is 1500 g/mol. The second-order valence-corrected chi connectivity index (χ2v) is 33.8. The zero-order valence-corrected chi connectivity index (χ0v) is 60.4. The van der Waals surface area contributed by atoms with E-state index in [-0.39, 0.29) is 57.5 Å². The van der Waals surface area contributed by atoms with Crippen LogP contribution < -0.4 is 30.1 Å². The molecule has 97 heavy (non-hydrogen) atoms. The molecule has 9 aromatic rings.